The van der Waals surface area contributed by atoms with Crippen LogP contribution in [0.1, 0.15) is 0 Å². The Labute approximate surface area is 96.5 Å². The molecule has 0 N–H and O–H groups in total. The van der Waals surface area contributed by atoms with Gasteiger partial charge in [-0.1, -0.05) is 0 Å². The zero-order chi connectivity index (χ0) is 4.50. The molecular weight excluding hydrogens is 439 g/mol. The van der Waals surface area contributed by atoms with Gasteiger partial charge in [-0.3, -0.25) is 0 Å². The average molecular weight is 439 g/mol. The molecule has 0 amide bonds. The van der Waals surface area contributed by atoms with E-state index in [0.29, 0.717) is 0 Å². The maximum atomic E-state index is 8.61. The van der Waals surface area contributed by atoms with Crippen molar-refractivity contribution >= 4 is 0 Å². The van der Waals surface area contributed by atoms with Crippen molar-refractivity contribution in [3.05, 3.63) is 0 Å². The minimum atomic E-state index is -5.88. The normalized spacial score (nSPS) is 7.38. The molecule has 8 heavy (non-hydrogen) atoms. The summed E-state index contributed by atoms with van der Waals surface area (Å²) in [5.41, 5.74) is 0. The fourth-order valence-electron chi connectivity index (χ4n) is 0. The van der Waals surface area contributed by atoms with Crippen LogP contribution in [0.4, 0.5) is 0 Å². The van der Waals surface area contributed by atoms with Gasteiger partial charge in [0.2, 0.25) is 0 Å². The van der Waals surface area contributed by atoms with Crippen molar-refractivity contribution in [1.29, 1.82) is 0 Å². The van der Waals surface area contributed by atoms with Gasteiger partial charge in [0, 0.05) is 0 Å². The molecular formula is Ag3O4V. The van der Waals surface area contributed by atoms with Gasteiger partial charge in [0.05, 0.1) is 0 Å². The number of rotatable bonds is 0. The van der Waals surface area contributed by atoms with E-state index in [1.165, 1.54) is 0 Å². The molecule has 0 heterocycles. The molecule has 4 nitrogen and oxygen atoms in total. The zero-order valence-corrected chi connectivity index (χ0v) is 8.83. The Morgan fingerprint density at radius 1 is 0.875 bits per heavy atom. The molecule has 0 saturated carbocycles. The molecule has 0 aliphatic rings. The van der Waals surface area contributed by atoms with E-state index in [1.54, 1.807) is 0 Å². The van der Waals surface area contributed by atoms with E-state index in [-0.39, 0.29) is 67.1 Å². The molecule has 0 aromatic heterocycles. The third kappa shape index (κ3) is 77.0. The monoisotopic (exact) mass is 436 g/mol. The Morgan fingerprint density at radius 2 is 0.875 bits per heavy atom. The first-order chi connectivity index (χ1) is 2.00. The topological polar surface area (TPSA) is 86.2 Å². The average Bonchev–Trinajstić information content (AvgIpc) is 0.722. The van der Waals surface area contributed by atoms with Gasteiger partial charge in [0.25, 0.3) is 0 Å². The summed E-state index contributed by atoms with van der Waals surface area (Å²) in [6, 6.07) is 0. The van der Waals surface area contributed by atoms with Crippen molar-refractivity contribution in [3.63, 3.8) is 0 Å². The van der Waals surface area contributed by atoms with E-state index < -0.39 is 15.0 Å². The predicted molar refractivity (Wildman–Crippen MR) is 0.686 cm³/mol. The van der Waals surface area contributed by atoms with E-state index in [1.807, 2.05) is 0 Å². The van der Waals surface area contributed by atoms with Crippen molar-refractivity contribution in [2.45, 2.75) is 0 Å². The van der Waals surface area contributed by atoms with Crippen LogP contribution >= 0.6 is 0 Å². The van der Waals surface area contributed by atoms with Gasteiger partial charge in [-0.05, 0) is 0 Å². The Kier molecular flexibility index (Phi) is 26.6. The van der Waals surface area contributed by atoms with Crippen LogP contribution in [0.15, 0.2) is 0 Å². The summed E-state index contributed by atoms with van der Waals surface area (Å²) in [6.07, 6.45) is 0. The van der Waals surface area contributed by atoms with Crippen molar-refractivity contribution in [2.75, 3.05) is 0 Å². The Bertz CT molecular complexity index is 57.4. The third-order valence-electron chi connectivity index (χ3n) is 0. The minimum absolute atomic E-state index is 0. The molecule has 8 heteroatoms. The third-order valence-corrected chi connectivity index (χ3v) is 0. The van der Waals surface area contributed by atoms with E-state index in [4.69, 9.17) is 15.8 Å². The van der Waals surface area contributed by atoms with Gasteiger partial charge in [0.15, 0.2) is 0 Å². The quantitative estimate of drug-likeness (QED) is 0.365. The molecule has 0 rings (SSSR count). The van der Waals surface area contributed by atoms with Crippen LogP contribution in [0.25, 0.3) is 0 Å². The second-order valence-electron chi connectivity index (χ2n) is 0.447. The summed E-state index contributed by atoms with van der Waals surface area (Å²) in [4.78, 5) is 0. The summed E-state index contributed by atoms with van der Waals surface area (Å²) >= 11 is -5.88. The van der Waals surface area contributed by atoms with Crippen LogP contribution in [0.5, 0.6) is 0 Å². The van der Waals surface area contributed by atoms with Crippen LogP contribution in [0, 0.1) is 0 Å². The van der Waals surface area contributed by atoms with Gasteiger partial charge in [0.1, 0.15) is 0 Å². The van der Waals surface area contributed by atoms with Crippen molar-refractivity contribution in [1.82, 2.24) is 0 Å². The second kappa shape index (κ2) is 9.49. The fourth-order valence-corrected chi connectivity index (χ4v) is 0. The Morgan fingerprint density at radius 3 is 0.875 bits per heavy atom. The molecule has 0 aromatic carbocycles. The van der Waals surface area contributed by atoms with Crippen molar-refractivity contribution < 1.29 is 97.9 Å². The molecule has 0 radical (unpaired) electrons. The summed E-state index contributed by atoms with van der Waals surface area (Å²) < 4.78 is 34.4. The summed E-state index contributed by atoms with van der Waals surface area (Å²) in [6.45, 7) is 0. The van der Waals surface area contributed by atoms with Gasteiger partial charge < -0.3 is 0 Å². The van der Waals surface area contributed by atoms with E-state index in [9.17, 15) is 0 Å². The SMILES string of the molecule is [Ag+].[Ag+].[Ag+].[O]=[V]([O-])([O-])[O-]. The molecule has 0 unspecified atom stereocenters. The Hall–Kier alpha value is 2.49. The Balaban J connectivity index is -0.0000000267. The zero-order valence-electron chi connectivity index (χ0n) is 2.98. The molecule has 0 aromatic rings. The molecule has 0 fully saturated rings. The molecule has 0 spiro atoms. The first-order valence-electron chi connectivity index (χ1n) is 0.730. The summed E-state index contributed by atoms with van der Waals surface area (Å²) in [7, 11) is 0. The van der Waals surface area contributed by atoms with Crippen LogP contribution in [0.2, 0.25) is 0 Å². The molecule has 0 aliphatic carbocycles. The predicted octanol–water partition coefficient (Wildman–Crippen LogP) is -3.70. The van der Waals surface area contributed by atoms with Crippen LogP contribution in [0.3, 0.4) is 0 Å². The van der Waals surface area contributed by atoms with E-state index >= 15 is 0 Å². The molecule has 0 bridgehead atoms. The molecule has 0 saturated heterocycles. The molecule has 62 valence electrons. The van der Waals surface area contributed by atoms with Crippen LogP contribution in [-0.2, 0) is 85.8 Å². The van der Waals surface area contributed by atoms with Gasteiger partial charge in [-0.15, -0.1) is 0 Å². The second-order valence-corrected chi connectivity index (χ2v) is 1.84. The first-order valence-corrected chi connectivity index (χ1v) is 3.01. The van der Waals surface area contributed by atoms with Crippen LogP contribution in [-0.4, -0.2) is 0 Å². The summed E-state index contributed by atoms with van der Waals surface area (Å²) in [5, 5.41) is 0. The van der Waals surface area contributed by atoms with Gasteiger partial charge >= 0.3 is 97.9 Å². The van der Waals surface area contributed by atoms with E-state index in [0.717, 1.165) is 0 Å². The van der Waals surface area contributed by atoms with E-state index in [2.05, 4.69) is 0 Å². The van der Waals surface area contributed by atoms with Gasteiger partial charge in [-0.2, -0.15) is 0 Å². The first kappa shape index (κ1) is 22.4. The fraction of sp³-hybridized carbons (Fsp3) is 0. The van der Waals surface area contributed by atoms with Crippen molar-refractivity contribution in [2.24, 2.45) is 0 Å². The number of hydrogen-bond donors (Lipinski definition) is 0. The van der Waals surface area contributed by atoms with Gasteiger partial charge in [-0.25, -0.2) is 0 Å². The summed E-state index contributed by atoms with van der Waals surface area (Å²) in [5.74, 6) is 0. The van der Waals surface area contributed by atoms with Crippen LogP contribution < -0.4 is 12.1 Å². The molecule has 0 atom stereocenters. The standard InChI is InChI=1S/3Ag.4O.V/q3*+1;;3*-1;. The van der Waals surface area contributed by atoms with Crippen molar-refractivity contribution in [3.8, 4) is 0 Å². The molecule has 0 aliphatic heterocycles. The number of hydrogen-bond acceptors (Lipinski definition) is 4. The maximum absolute atomic E-state index is 8.61.